The Morgan fingerprint density at radius 1 is 1.00 bits per heavy atom. The quantitative estimate of drug-likeness (QED) is 0.842. The van der Waals surface area contributed by atoms with Crippen LogP contribution in [-0.4, -0.2) is 16.7 Å². The van der Waals surface area contributed by atoms with Crippen LogP contribution in [0.5, 0.6) is 0 Å². The molecule has 1 heterocycles. The monoisotopic (exact) mass is 287 g/mol. The summed E-state index contributed by atoms with van der Waals surface area (Å²) in [5.41, 5.74) is 0.957. The zero-order chi connectivity index (χ0) is 15.2. The molecule has 0 spiro atoms. The minimum atomic E-state index is 0.580. The van der Waals surface area contributed by atoms with E-state index in [0.29, 0.717) is 36.1 Å². The van der Waals surface area contributed by atoms with Gasteiger partial charge in [0.2, 0.25) is 11.8 Å². The Kier molecular flexibility index (Phi) is 5.51. The molecule has 4 heteroatoms. The highest BCUT2D eigenvalue weighted by atomic mass is 16.4. The van der Waals surface area contributed by atoms with Crippen LogP contribution in [0.2, 0.25) is 0 Å². The van der Waals surface area contributed by atoms with Crippen molar-refractivity contribution in [2.45, 2.75) is 34.2 Å². The summed E-state index contributed by atoms with van der Waals surface area (Å²) < 4.78 is 5.69. The number of hydrogen-bond acceptors (Lipinski definition) is 4. The number of rotatable bonds is 7. The molecule has 0 aliphatic carbocycles. The van der Waals surface area contributed by atoms with Gasteiger partial charge in [0.25, 0.3) is 0 Å². The Labute approximate surface area is 127 Å². The first-order chi connectivity index (χ1) is 10.1. The van der Waals surface area contributed by atoms with E-state index in [1.165, 1.54) is 0 Å². The Hall–Kier alpha value is -1.68. The van der Waals surface area contributed by atoms with Crippen molar-refractivity contribution in [3.8, 4) is 11.5 Å². The van der Waals surface area contributed by atoms with Gasteiger partial charge >= 0.3 is 0 Å². The van der Waals surface area contributed by atoms with Gasteiger partial charge in [0.05, 0.1) is 6.54 Å². The fourth-order valence-corrected chi connectivity index (χ4v) is 2.61. The summed E-state index contributed by atoms with van der Waals surface area (Å²) in [6, 6.07) is 9.84. The number of benzene rings is 1. The fourth-order valence-electron chi connectivity index (χ4n) is 2.61. The molecular weight excluding hydrogens is 262 g/mol. The van der Waals surface area contributed by atoms with E-state index in [2.05, 4.69) is 43.2 Å². The van der Waals surface area contributed by atoms with Crippen molar-refractivity contribution in [3.63, 3.8) is 0 Å². The minimum Gasteiger partial charge on any atom is -0.419 e. The molecule has 114 valence electrons. The Morgan fingerprint density at radius 3 is 2.29 bits per heavy atom. The van der Waals surface area contributed by atoms with Crippen LogP contribution in [0, 0.1) is 17.8 Å². The zero-order valence-corrected chi connectivity index (χ0v) is 13.3. The molecule has 0 radical (unpaired) electrons. The highest BCUT2D eigenvalue weighted by molar-refractivity contribution is 5.51. The highest BCUT2D eigenvalue weighted by Crippen LogP contribution is 2.20. The zero-order valence-electron chi connectivity index (χ0n) is 13.3. The molecule has 0 atom stereocenters. The van der Waals surface area contributed by atoms with E-state index in [4.69, 9.17) is 4.42 Å². The number of hydrogen-bond donors (Lipinski definition) is 1. The summed E-state index contributed by atoms with van der Waals surface area (Å²) in [5.74, 6) is 3.21. The lowest BCUT2D eigenvalue weighted by atomic mass is 9.85. The van der Waals surface area contributed by atoms with E-state index < -0.39 is 0 Å². The van der Waals surface area contributed by atoms with Gasteiger partial charge in [-0.2, -0.15) is 0 Å². The normalized spacial score (nSPS) is 11.8. The summed E-state index contributed by atoms with van der Waals surface area (Å²) in [5, 5.41) is 11.6. The van der Waals surface area contributed by atoms with Crippen molar-refractivity contribution in [1.29, 1.82) is 0 Å². The van der Waals surface area contributed by atoms with E-state index in [0.717, 1.165) is 12.1 Å². The predicted octanol–water partition coefficient (Wildman–Crippen LogP) is 3.75. The van der Waals surface area contributed by atoms with Gasteiger partial charge in [0, 0.05) is 5.56 Å². The van der Waals surface area contributed by atoms with Gasteiger partial charge in [-0.15, -0.1) is 10.2 Å². The van der Waals surface area contributed by atoms with E-state index >= 15 is 0 Å². The van der Waals surface area contributed by atoms with Crippen LogP contribution in [0.4, 0.5) is 0 Å². The smallest absolute Gasteiger partial charge is 0.247 e. The molecular formula is C17H25N3O. The van der Waals surface area contributed by atoms with Gasteiger partial charge < -0.3 is 9.73 Å². The fraction of sp³-hybridized carbons (Fsp3) is 0.529. The topological polar surface area (TPSA) is 51.0 Å². The van der Waals surface area contributed by atoms with Crippen LogP contribution in [0.3, 0.4) is 0 Å². The molecule has 2 aromatic rings. The average molecular weight is 287 g/mol. The third-order valence-corrected chi connectivity index (χ3v) is 3.86. The molecule has 0 unspecified atom stereocenters. The Balaban J connectivity index is 1.89. The van der Waals surface area contributed by atoms with Crippen LogP contribution in [0.1, 0.15) is 33.6 Å². The highest BCUT2D eigenvalue weighted by Gasteiger charge is 2.17. The minimum absolute atomic E-state index is 0.580. The van der Waals surface area contributed by atoms with Crippen LogP contribution in [-0.2, 0) is 6.54 Å². The second kappa shape index (κ2) is 7.36. The lowest BCUT2D eigenvalue weighted by molar-refractivity contribution is 0.272. The van der Waals surface area contributed by atoms with Gasteiger partial charge in [-0.25, -0.2) is 0 Å². The molecule has 0 amide bonds. The van der Waals surface area contributed by atoms with E-state index in [-0.39, 0.29) is 0 Å². The molecule has 4 nitrogen and oxygen atoms in total. The van der Waals surface area contributed by atoms with Crippen molar-refractivity contribution in [2.24, 2.45) is 17.8 Å². The van der Waals surface area contributed by atoms with Crippen molar-refractivity contribution in [3.05, 3.63) is 36.2 Å². The van der Waals surface area contributed by atoms with Crippen LogP contribution in [0.25, 0.3) is 11.5 Å². The summed E-state index contributed by atoms with van der Waals surface area (Å²) in [6.07, 6.45) is 0. The van der Waals surface area contributed by atoms with Crippen LogP contribution >= 0.6 is 0 Å². The second-order valence-corrected chi connectivity index (χ2v) is 6.15. The van der Waals surface area contributed by atoms with Gasteiger partial charge in [-0.3, -0.25) is 0 Å². The molecule has 1 aromatic carbocycles. The number of nitrogens with one attached hydrogen (secondary N) is 1. The summed E-state index contributed by atoms with van der Waals surface area (Å²) >= 11 is 0. The lowest BCUT2D eigenvalue weighted by Gasteiger charge is -2.24. The third kappa shape index (κ3) is 4.39. The SMILES string of the molecule is CC(C)C(CNCc1nnc(-c2ccccc2)o1)C(C)C. The van der Waals surface area contributed by atoms with Crippen molar-refractivity contribution >= 4 is 0 Å². The van der Waals surface area contributed by atoms with Gasteiger partial charge in [0.1, 0.15) is 0 Å². The van der Waals surface area contributed by atoms with Crippen molar-refractivity contribution < 1.29 is 4.42 Å². The summed E-state index contributed by atoms with van der Waals surface area (Å²) in [7, 11) is 0. The first-order valence-electron chi connectivity index (χ1n) is 7.66. The maximum Gasteiger partial charge on any atom is 0.247 e. The second-order valence-electron chi connectivity index (χ2n) is 6.15. The third-order valence-electron chi connectivity index (χ3n) is 3.86. The molecule has 0 aliphatic heterocycles. The van der Waals surface area contributed by atoms with Crippen molar-refractivity contribution in [2.75, 3.05) is 6.54 Å². The molecule has 21 heavy (non-hydrogen) atoms. The molecule has 0 aliphatic rings. The molecule has 0 saturated heterocycles. The summed E-state index contributed by atoms with van der Waals surface area (Å²) in [6.45, 7) is 10.7. The molecule has 0 saturated carbocycles. The molecule has 0 bridgehead atoms. The van der Waals surface area contributed by atoms with Gasteiger partial charge in [-0.1, -0.05) is 45.9 Å². The van der Waals surface area contributed by atoms with E-state index in [9.17, 15) is 0 Å². The molecule has 1 N–H and O–H groups in total. The largest absolute Gasteiger partial charge is 0.419 e. The first-order valence-corrected chi connectivity index (χ1v) is 7.66. The van der Waals surface area contributed by atoms with E-state index in [1.54, 1.807) is 0 Å². The first kappa shape index (κ1) is 15.7. The van der Waals surface area contributed by atoms with Crippen LogP contribution in [0.15, 0.2) is 34.7 Å². The molecule has 1 aromatic heterocycles. The number of aromatic nitrogens is 2. The Morgan fingerprint density at radius 2 is 1.67 bits per heavy atom. The van der Waals surface area contributed by atoms with Crippen LogP contribution < -0.4 is 5.32 Å². The lowest BCUT2D eigenvalue weighted by Crippen LogP contribution is -2.29. The number of nitrogens with zero attached hydrogens (tertiary/aromatic N) is 2. The molecule has 0 fully saturated rings. The Bertz CT molecular complexity index is 526. The maximum atomic E-state index is 5.69. The summed E-state index contributed by atoms with van der Waals surface area (Å²) in [4.78, 5) is 0. The van der Waals surface area contributed by atoms with E-state index in [1.807, 2.05) is 30.3 Å². The predicted molar refractivity (Wildman–Crippen MR) is 84.6 cm³/mol. The van der Waals surface area contributed by atoms with Crippen molar-refractivity contribution in [1.82, 2.24) is 15.5 Å². The average Bonchev–Trinajstić information content (AvgIpc) is 2.92. The maximum absolute atomic E-state index is 5.69. The molecule has 2 rings (SSSR count). The standard InChI is InChI=1S/C17H25N3O/c1-12(2)15(13(3)4)10-18-11-16-19-20-17(21-16)14-8-6-5-7-9-14/h5-9,12-13,15,18H,10-11H2,1-4H3. The van der Waals surface area contributed by atoms with Gasteiger partial charge in [0.15, 0.2) is 0 Å². The van der Waals surface area contributed by atoms with Gasteiger partial charge in [-0.05, 0) is 36.4 Å².